The van der Waals surface area contributed by atoms with E-state index in [1.165, 1.54) is 22.3 Å². The van der Waals surface area contributed by atoms with Crippen molar-refractivity contribution in [3.05, 3.63) is 41.4 Å². The molecular weight excluding hydrogens is 404 g/mol. The van der Waals surface area contributed by atoms with Gasteiger partial charge in [-0.3, -0.25) is 4.79 Å². The molecule has 1 aliphatic rings. The zero-order valence-corrected chi connectivity index (χ0v) is 17.8. The highest BCUT2D eigenvalue weighted by molar-refractivity contribution is 8.00. The number of carbonyl (C=O) groups is 1. The maximum atomic E-state index is 12.6. The average Bonchev–Trinajstić information content (AvgIpc) is 2.65. The summed E-state index contributed by atoms with van der Waals surface area (Å²) >= 11 is 7.84. The van der Waals surface area contributed by atoms with Gasteiger partial charge in [0.2, 0.25) is 15.9 Å². The molecule has 0 atom stereocenters. The van der Waals surface area contributed by atoms with E-state index in [1.54, 1.807) is 7.05 Å². The van der Waals surface area contributed by atoms with E-state index < -0.39 is 10.0 Å². The molecule has 0 aromatic heterocycles. The highest BCUT2D eigenvalue weighted by Gasteiger charge is 2.28. The number of piperidine rings is 1. The molecule has 1 aliphatic heterocycles. The number of fused-ring (bicyclic) bond motifs is 1. The number of sulfonamides is 1. The molecule has 2 aromatic carbocycles. The number of rotatable bonds is 5. The van der Waals surface area contributed by atoms with Crippen LogP contribution in [0.2, 0.25) is 5.02 Å². The van der Waals surface area contributed by atoms with Crippen molar-refractivity contribution in [2.45, 2.75) is 23.8 Å². The average molecular weight is 427 g/mol. The number of hydrogen-bond acceptors (Lipinski definition) is 4. The lowest BCUT2D eigenvalue weighted by Crippen LogP contribution is -2.47. The third-order valence-electron chi connectivity index (χ3n) is 5.02. The number of thioether (sulfide) groups is 1. The minimum atomic E-state index is -3.20. The van der Waals surface area contributed by atoms with Gasteiger partial charge in [0.1, 0.15) is 0 Å². The molecular formula is C19H23ClN2O3S2. The van der Waals surface area contributed by atoms with E-state index in [9.17, 15) is 13.2 Å². The van der Waals surface area contributed by atoms with Crippen LogP contribution in [-0.4, -0.2) is 61.7 Å². The molecule has 0 unspecified atom stereocenters. The van der Waals surface area contributed by atoms with Crippen LogP contribution in [0.5, 0.6) is 0 Å². The Kier molecular flexibility index (Phi) is 6.35. The van der Waals surface area contributed by atoms with Gasteiger partial charge in [-0.15, -0.1) is 11.8 Å². The molecule has 0 saturated carbocycles. The molecule has 1 saturated heterocycles. The molecule has 0 radical (unpaired) electrons. The maximum Gasteiger partial charge on any atom is 0.232 e. The predicted octanol–water partition coefficient (Wildman–Crippen LogP) is 3.47. The molecule has 3 rings (SSSR count). The summed E-state index contributed by atoms with van der Waals surface area (Å²) < 4.78 is 24.8. The second kappa shape index (κ2) is 8.39. The normalized spacial score (nSPS) is 16.2. The van der Waals surface area contributed by atoms with E-state index in [1.807, 2.05) is 41.3 Å². The summed E-state index contributed by atoms with van der Waals surface area (Å²) in [6, 6.07) is 11.7. The number of halogens is 1. The number of nitrogens with zero attached hydrogens (tertiary/aromatic N) is 2. The Balaban J connectivity index is 1.60. The van der Waals surface area contributed by atoms with E-state index in [0.717, 1.165) is 15.7 Å². The molecule has 1 heterocycles. The second-order valence-corrected chi connectivity index (χ2v) is 10.2. The van der Waals surface area contributed by atoms with Crippen LogP contribution in [0.3, 0.4) is 0 Å². The Bertz CT molecular complexity index is 936. The number of amides is 1. The first-order valence-electron chi connectivity index (χ1n) is 8.78. The fourth-order valence-electron chi connectivity index (χ4n) is 3.36. The summed E-state index contributed by atoms with van der Waals surface area (Å²) in [6.45, 7) is 1.17. The number of carbonyl (C=O) groups excluding carboxylic acids is 1. The van der Waals surface area contributed by atoms with Gasteiger partial charge in [-0.25, -0.2) is 12.7 Å². The standard InChI is InChI=1S/C19H23ClN2O3S2/c1-21(27(2,24)25)15-9-11-22(12-10-15)18(23)13-26-17-8-4-6-14-5-3-7-16(20)19(14)17/h3-8,15H,9-13H2,1-2H3. The minimum absolute atomic E-state index is 0.0337. The fourth-order valence-corrected chi connectivity index (χ4v) is 5.46. The lowest BCUT2D eigenvalue weighted by Gasteiger charge is -2.35. The van der Waals surface area contributed by atoms with E-state index in [0.29, 0.717) is 36.7 Å². The highest BCUT2D eigenvalue weighted by Crippen LogP contribution is 2.33. The Labute approximate surface area is 169 Å². The van der Waals surface area contributed by atoms with Crippen LogP contribution >= 0.6 is 23.4 Å². The first-order valence-corrected chi connectivity index (χ1v) is 12.0. The molecule has 27 heavy (non-hydrogen) atoms. The Hall–Kier alpha value is -1.28. The summed E-state index contributed by atoms with van der Waals surface area (Å²) in [5.41, 5.74) is 0. The van der Waals surface area contributed by atoms with Crippen LogP contribution < -0.4 is 0 Å². The van der Waals surface area contributed by atoms with Crippen molar-refractivity contribution < 1.29 is 13.2 Å². The van der Waals surface area contributed by atoms with Crippen molar-refractivity contribution in [1.82, 2.24) is 9.21 Å². The lowest BCUT2D eigenvalue weighted by molar-refractivity contribution is -0.129. The van der Waals surface area contributed by atoms with Gasteiger partial charge in [0.15, 0.2) is 0 Å². The van der Waals surface area contributed by atoms with Crippen LogP contribution in [0.1, 0.15) is 12.8 Å². The largest absolute Gasteiger partial charge is 0.342 e. The minimum Gasteiger partial charge on any atom is -0.342 e. The van der Waals surface area contributed by atoms with Crippen LogP contribution in [0, 0.1) is 0 Å². The van der Waals surface area contributed by atoms with Gasteiger partial charge in [0, 0.05) is 41.5 Å². The van der Waals surface area contributed by atoms with Crippen LogP contribution in [0.4, 0.5) is 0 Å². The molecule has 2 aromatic rings. The second-order valence-electron chi connectivity index (χ2n) is 6.77. The quantitative estimate of drug-likeness (QED) is 0.687. The number of hydrogen-bond donors (Lipinski definition) is 0. The zero-order valence-electron chi connectivity index (χ0n) is 15.4. The number of benzene rings is 2. The van der Waals surface area contributed by atoms with Gasteiger partial charge in [-0.1, -0.05) is 35.9 Å². The van der Waals surface area contributed by atoms with Gasteiger partial charge in [0.25, 0.3) is 0 Å². The third-order valence-corrected chi connectivity index (χ3v) is 7.72. The topological polar surface area (TPSA) is 57.7 Å². The summed E-state index contributed by atoms with van der Waals surface area (Å²) in [5, 5.41) is 2.73. The Morgan fingerprint density at radius 1 is 1.22 bits per heavy atom. The van der Waals surface area contributed by atoms with Crippen molar-refractivity contribution >= 4 is 50.1 Å². The molecule has 0 N–H and O–H groups in total. The van der Waals surface area contributed by atoms with Crippen molar-refractivity contribution in [1.29, 1.82) is 0 Å². The van der Waals surface area contributed by atoms with Gasteiger partial charge in [-0.05, 0) is 30.4 Å². The zero-order chi connectivity index (χ0) is 19.6. The van der Waals surface area contributed by atoms with Gasteiger partial charge < -0.3 is 4.90 Å². The first kappa shape index (κ1) is 20.5. The fraction of sp³-hybridized carbons (Fsp3) is 0.421. The molecule has 1 fully saturated rings. The third kappa shape index (κ3) is 4.77. The summed E-state index contributed by atoms with van der Waals surface area (Å²) in [6.07, 6.45) is 2.55. The number of likely N-dealkylation sites (tertiary alicyclic amines) is 1. The highest BCUT2D eigenvalue weighted by atomic mass is 35.5. The Morgan fingerprint density at radius 2 is 1.85 bits per heavy atom. The van der Waals surface area contributed by atoms with Gasteiger partial charge >= 0.3 is 0 Å². The van der Waals surface area contributed by atoms with Gasteiger partial charge in [0.05, 0.1) is 12.0 Å². The molecule has 0 spiro atoms. The predicted molar refractivity (Wildman–Crippen MR) is 112 cm³/mol. The molecule has 5 nitrogen and oxygen atoms in total. The maximum absolute atomic E-state index is 12.6. The smallest absolute Gasteiger partial charge is 0.232 e. The first-order chi connectivity index (χ1) is 12.8. The Morgan fingerprint density at radius 3 is 2.48 bits per heavy atom. The van der Waals surface area contributed by atoms with Crippen LogP contribution in [-0.2, 0) is 14.8 Å². The summed E-state index contributed by atoms with van der Waals surface area (Å²) in [7, 11) is -1.59. The van der Waals surface area contributed by atoms with Crippen molar-refractivity contribution in [2.75, 3.05) is 32.1 Å². The summed E-state index contributed by atoms with van der Waals surface area (Å²) in [5.74, 6) is 0.418. The molecule has 8 heteroatoms. The van der Waals surface area contributed by atoms with Crippen molar-refractivity contribution in [2.24, 2.45) is 0 Å². The summed E-state index contributed by atoms with van der Waals surface area (Å²) in [4.78, 5) is 15.4. The SMILES string of the molecule is CN(C1CCN(C(=O)CSc2cccc3cccc(Cl)c23)CC1)S(C)(=O)=O. The van der Waals surface area contributed by atoms with E-state index in [-0.39, 0.29) is 11.9 Å². The molecule has 0 bridgehead atoms. The molecule has 146 valence electrons. The molecule has 0 aliphatic carbocycles. The van der Waals surface area contributed by atoms with E-state index in [2.05, 4.69) is 0 Å². The van der Waals surface area contributed by atoms with Gasteiger partial charge in [-0.2, -0.15) is 0 Å². The van der Waals surface area contributed by atoms with Crippen molar-refractivity contribution in [3.63, 3.8) is 0 Å². The van der Waals surface area contributed by atoms with Crippen LogP contribution in [0.25, 0.3) is 10.8 Å². The van der Waals surface area contributed by atoms with E-state index in [4.69, 9.17) is 11.6 Å². The van der Waals surface area contributed by atoms with Crippen molar-refractivity contribution in [3.8, 4) is 0 Å². The molecule has 1 amide bonds. The lowest BCUT2D eigenvalue weighted by atomic mass is 10.1. The monoisotopic (exact) mass is 426 g/mol. The van der Waals surface area contributed by atoms with E-state index >= 15 is 0 Å². The van der Waals surface area contributed by atoms with Crippen LogP contribution in [0.15, 0.2) is 41.3 Å².